The first-order valence-electron chi connectivity index (χ1n) is 4.63. The Morgan fingerprint density at radius 1 is 1.29 bits per heavy atom. The van der Waals surface area contributed by atoms with Crippen molar-refractivity contribution in [3.05, 3.63) is 35.9 Å². The number of rotatable bonds is 4. The molecule has 0 fully saturated rings. The van der Waals surface area contributed by atoms with Crippen LogP contribution in [0.1, 0.15) is 18.9 Å². The number of nitrogens with zero attached hydrogens (tertiary/aromatic N) is 1. The van der Waals surface area contributed by atoms with Crippen LogP contribution in [-0.2, 0) is 16.2 Å². The highest BCUT2D eigenvalue weighted by atomic mass is 16.6. The minimum atomic E-state index is 0.539. The fraction of sp³-hybridized carbons (Fsp3) is 0.364. The molecule has 1 aromatic carbocycles. The molecular formula is C11H15NO2. The number of hydrogen-bond donors (Lipinski definition) is 0. The highest BCUT2D eigenvalue weighted by Crippen LogP contribution is 2.02. The third-order valence-electron chi connectivity index (χ3n) is 1.74. The lowest BCUT2D eigenvalue weighted by Crippen LogP contribution is -2.03. The second-order valence-corrected chi connectivity index (χ2v) is 2.80. The second-order valence-electron chi connectivity index (χ2n) is 2.80. The van der Waals surface area contributed by atoms with Gasteiger partial charge in [-0.05, 0) is 5.56 Å². The zero-order valence-electron chi connectivity index (χ0n) is 8.56. The summed E-state index contributed by atoms with van der Waals surface area (Å²) >= 11 is 0. The van der Waals surface area contributed by atoms with E-state index in [1.165, 1.54) is 7.11 Å². The lowest BCUT2D eigenvalue weighted by molar-refractivity contribution is 0.184. The highest BCUT2D eigenvalue weighted by Gasteiger charge is 1.98. The largest absolute Gasteiger partial charge is 0.474 e. The van der Waals surface area contributed by atoms with Crippen molar-refractivity contribution in [2.24, 2.45) is 5.16 Å². The summed E-state index contributed by atoms with van der Waals surface area (Å²) < 4.78 is 5.44. The third kappa shape index (κ3) is 3.47. The maximum Gasteiger partial charge on any atom is 0.225 e. The Hall–Kier alpha value is -1.51. The van der Waals surface area contributed by atoms with Crippen molar-refractivity contribution in [1.29, 1.82) is 0 Å². The van der Waals surface area contributed by atoms with Gasteiger partial charge in [-0.3, -0.25) is 0 Å². The Morgan fingerprint density at radius 2 is 2.00 bits per heavy atom. The molecule has 0 amide bonds. The highest BCUT2D eigenvalue weighted by molar-refractivity contribution is 5.75. The van der Waals surface area contributed by atoms with Gasteiger partial charge in [-0.2, -0.15) is 0 Å². The molecule has 0 N–H and O–H groups in total. The summed E-state index contributed by atoms with van der Waals surface area (Å²) in [6, 6.07) is 9.98. The van der Waals surface area contributed by atoms with E-state index in [9.17, 15) is 0 Å². The van der Waals surface area contributed by atoms with Gasteiger partial charge in [-0.25, -0.2) is 0 Å². The Kier molecular flexibility index (Phi) is 4.55. The molecule has 3 heteroatoms. The SMILES string of the molecule is CC/C(=N\OC)OCc1ccccc1. The van der Waals surface area contributed by atoms with Crippen molar-refractivity contribution in [3.8, 4) is 0 Å². The molecule has 0 aliphatic rings. The van der Waals surface area contributed by atoms with Crippen LogP contribution in [0.5, 0.6) is 0 Å². The second kappa shape index (κ2) is 6.02. The van der Waals surface area contributed by atoms with Gasteiger partial charge in [-0.15, -0.1) is 0 Å². The summed E-state index contributed by atoms with van der Waals surface area (Å²) in [6.07, 6.45) is 0.737. The average Bonchev–Trinajstić information content (AvgIpc) is 2.25. The lowest BCUT2D eigenvalue weighted by Gasteiger charge is -2.06. The normalized spacial score (nSPS) is 11.1. The Morgan fingerprint density at radius 3 is 2.57 bits per heavy atom. The standard InChI is InChI=1S/C11H15NO2/c1-3-11(12-13-2)14-9-10-7-5-4-6-8-10/h4-8H,3,9H2,1-2H3/b12-11+. The third-order valence-corrected chi connectivity index (χ3v) is 1.74. The van der Waals surface area contributed by atoms with Crippen LogP contribution < -0.4 is 0 Å². The number of hydrogen-bond acceptors (Lipinski definition) is 3. The molecule has 76 valence electrons. The lowest BCUT2D eigenvalue weighted by atomic mass is 10.2. The van der Waals surface area contributed by atoms with Gasteiger partial charge in [0.15, 0.2) is 0 Å². The predicted octanol–water partition coefficient (Wildman–Crippen LogP) is 2.57. The summed E-state index contributed by atoms with van der Waals surface area (Å²) in [5.41, 5.74) is 1.13. The maximum absolute atomic E-state index is 5.44. The molecule has 0 bridgehead atoms. The molecule has 0 aliphatic carbocycles. The van der Waals surface area contributed by atoms with Crippen molar-refractivity contribution in [1.82, 2.24) is 0 Å². The minimum absolute atomic E-state index is 0.539. The molecule has 0 radical (unpaired) electrons. The molecule has 1 rings (SSSR count). The van der Waals surface area contributed by atoms with E-state index in [1.807, 2.05) is 37.3 Å². The molecule has 0 saturated heterocycles. The van der Waals surface area contributed by atoms with E-state index in [1.54, 1.807) is 0 Å². The first-order chi connectivity index (χ1) is 6.86. The number of benzene rings is 1. The molecule has 0 heterocycles. The summed E-state index contributed by atoms with van der Waals surface area (Å²) in [5.74, 6) is 0.622. The Balaban J connectivity index is 2.44. The van der Waals surface area contributed by atoms with Crippen molar-refractivity contribution in [3.63, 3.8) is 0 Å². The van der Waals surface area contributed by atoms with E-state index in [0.29, 0.717) is 12.5 Å². The predicted molar refractivity (Wildman–Crippen MR) is 56.0 cm³/mol. The molecule has 0 aromatic heterocycles. The fourth-order valence-corrected chi connectivity index (χ4v) is 1.04. The molecular weight excluding hydrogens is 178 g/mol. The van der Waals surface area contributed by atoms with Crippen molar-refractivity contribution in [2.45, 2.75) is 20.0 Å². The van der Waals surface area contributed by atoms with Crippen molar-refractivity contribution < 1.29 is 9.57 Å². The number of oxime groups is 1. The average molecular weight is 193 g/mol. The van der Waals surface area contributed by atoms with E-state index in [-0.39, 0.29) is 0 Å². The van der Waals surface area contributed by atoms with Gasteiger partial charge in [0.1, 0.15) is 13.7 Å². The van der Waals surface area contributed by atoms with E-state index in [2.05, 4.69) is 9.99 Å². The number of ether oxygens (including phenoxy) is 1. The van der Waals surface area contributed by atoms with E-state index >= 15 is 0 Å². The van der Waals surface area contributed by atoms with Crippen LogP contribution in [0, 0.1) is 0 Å². The van der Waals surface area contributed by atoms with Crippen LogP contribution in [0.15, 0.2) is 35.5 Å². The van der Waals surface area contributed by atoms with Crippen LogP contribution in [0.4, 0.5) is 0 Å². The van der Waals surface area contributed by atoms with Crippen LogP contribution in [0.25, 0.3) is 0 Å². The maximum atomic E-state index is 5.44. The molecule has 0 aliphatic heterocycles. The summed E-state index contributed by atoms with van der Waals surface area (Å²) in [6.45, 7) is 2.51. The zero-order valence-corrected chi connectivity index (χ0v) is 8.56. The topological polar surface area (TPSA) is 30.8 Å². The molecule has 14 heavy (non-hydrogen) atoms. The van der Waals surface area contributed by atoms with Crippen molar-refractivity contribution in [2.75, 3.05) is 7.11 Å². The zero-order chi connectivity index (χ0) is 10.2. The first kappa shape index (κ1) is 10.6. The summed E-state index contributed by atoms with van der Waals surface area (Å²) in [7, 11) is 1.52. The quantitative estimate of drug-likeness (QED) is 0.418. The molecule has 3 nitrogen and oxygen atoms in total. The van der Waals surface area contributed by atoms with Gasteiger partial charge in [0.05, 0.1) is 0 Å². The van der Waals surface area contributed by atoms with Crippen LogP contribution in [0.3, 0.4) is 0 Å². The minimum Gasteiger partial charge on any atom is -0.474 e. The Labute approximate surface area is 84.3 Å². The van der Waals surface area contributed by atoms with E-state index in [0.717, 1.165) is 12.0 Å². The van der Waals surface area contributed by atoms with Gasteiger partial charge < -0.3 is 9.57 Å². The molecule has 1 aromatic rings. The van der Waals surface area contributed by atoms with E-state index in [4.69, 9.17) is 4.74 Å². The summed E-state index contributed by atoms with van der Waals surface area (Å²) in [4.78, 5) is 4.65. The van der Waals surface area contributed by atoms with Crippen LogP contribution in [-0.4, -0.2) is 13.0 Å². The Bertz CT molecular complexity index is 283. The monoisotopic (exact) mass is 193 g/mol. The van der Waals surface area contributed by atoms with Crippen molar-refractivity contribution >= 4 is 5.90 Å². The van der Waals surface area contributed by atoms with Crippen LogP contribution in [0.2, 0.25) is 0 Å². The van der Waals surface area contributed by atoms with Gasteiger partial charge in [-0.1, -0.05) is 42.4 Å². The van der Waals surface area contributed by atoms with E-state index < -0.39 is 0 Å². The summed E-state index contributed by atoms with van der Waals surface area (Å²) in [5, 5.41) is 3.75. The smallest absolute Gasteiger partial charge is 0.225 e. The first-order valence-corrected chi connectivity index (χ1v) is 4.63. The van der Waals surface area contributed by atoms with Gasteiger partial charge >= 0.3 is 0 Å². The molecule has 0 spiro atoms. The molecule has 0 saturated carbocycles. The molecule has 0 atom stereocenters. The van der Waals surface area contributed by atoms with Gasteiger partial charge in [0.2, 0.25) is 5.90 Å². The van der Waals surface area contributed by atoms with Crippen LogP contribution >= 0.6 is 0 Å². The fourth-order valence-electron chi connectivity index (χ4n) is 1.04. The van der Waals surface area contributed by atoms with Gasteiger partial charge in [0.25, 0.3) is 0 Å². The van der Waals surface area contributed by atoms with Gasteiger partial charge in [0, 0.05) is 6.42 Å². The molecule has 0 unspecified atom stereocenters.